The molecular formula is C28H30ClN3O4S. The van der Waals surface area contributed by atoms with Crippen LogP contribution in [0.15, 0.2) is 48.7 Å². The van der Waals surface area contributed by atoms with Gasteiger partial charge in [-0.1, -0.05) is 35.9 Å². The number of thiazole rings is 1. The zero-order chi connectivity index (χ0) is 25.4. The minimum absolute atomic E-state index is 0.0200. The van der Waals surface area contributed by atoms with E-state index in [9.17, 15) is 4.79 Å². The van der Waals surface area contributed by atoms with Gasteiger partial charge in [0.25, 0.3) is 0 Å². The zero-order valence-electron chi connectivity index (χ0n) is 20.7. The van der Waals surface area contributed by atoms with Crippen molar-refractivity contribution in [3.63, 3.8) is 0 Å². The minimum Gasteiger partial charge on any atom is -0.454 e. The van der Waals surface area contributed by atoms with Crippen LogP contribution in [0.3, 0.4) is 0 Å². The average molecular weight is 540 g/mol. The molecule has 3 aromatic rings. The van der Waals surface area contributed by atoms with Gasteiger partial charge in [0.1, 0.15) is 0 Å². The summed E-state index contributed by atoms with van der Waals surface area (Å²) in [5, 5.41) is 4.51. The number of halogens is 1. The Hall–Kier alpha value is -2.65. The molecule has 1 aliphatic carbocycles. The molecule has 1 saturated heterocycles. The molecule has 1 N–H and O–H groups in total. The number of likely N-dealkylation sites (tertiary alicyclic amines) is 1. The Labute approximate surface area is 225 Å². The van der Waals surface area contributed by atoms with Crippen LogP contribution in [0.25, 0.3) is 0 Å². The number of fused-ring (bicyclic) bond motifs is 1. The van der Waals surface area contributed by atoms with E-state index in [1.54, 1.807) is 18.4 Å². The van der Waals surface area contributed by atoms with E-state index in [4.69, 9.17) is 25.8 Å². The van der Waals surface area contributed by atoms with Crippen LogP contribution in [-0.4, -0.2) is 48.9 Å². The summed E-state index contributed by atoms with van der Waals surface area (Å²) in [6.45, 7) is 1.91. The van der Waals surface area contributed by atoms with Gasteiger partial charge in [0.2, 0.25) is 12.7 Å². The fourth-order valence-electron chi connectivity index (χ4n) is 5.57. The first kappa shape index (κ1) is 24.7. The molecule has 7 nitrogen and oxygen atoms in total. The van der Waals surface area contributed by atoms with Gasteiger partial charge in [-0.15, -0.1) is 11.3 Å². The van der Waals surface area contributed by atoms with Crippen LogP contribution in [0.2, 0.25) is 5.02 Å². The van der Waals surface area contributed by atoms with E-state index >= 15 is 0 Å². The number of methoxy groups -OCH3 is 1. The fourth-order valence-corrected chi connectivity index (χ4v) is 6.72. The van der Waals surface area contributed by atoms with Crippen LogP contribution < -0.4 is 14.8 Å². The highest BCUT2D eigenvalue weighted by Gasteiger charge is 2.52. The van der Waals surface area contributed by atoms with Gasteiger partial charge in [0.05, 0.1) is 18.1 Å². The molecule has 2 fully saturated rings. The van der Waals surface area contributed by atoms with Crippen molar-refractivity contribution in [1.29, 1.82) is 0 Å². The van der Waals surface area contributed by atoms with Crippen molar-refractivity contribution in [2.45, 2.75) is 49.6 Å². The molecule has 3 aliphatic rings. The van der Waals surface area contributed by atoms with Crippen molar-refractivity contribution in [1.82, 2.24) is 9.88 Å². The number of aromatic nitrogens is 1. The first-order valence-electron chi connectivity index (χ1n) is 12.7. The average Bonchev–Trinajstić information content (AvgIpc) is 3.22. The number of carbonyl (C=O) groups excluding carboxylic acids is 1. The Balaban J connectivity index is 1.23. The summed E-state index contributed by atoms with van der Waals surface area (Å²) in [4.78, 5) is 21.7. The Bertz CT molecular complexity index is 1290. The number of nitrogens with one attached hydrogen (secondary N) is 1. The second-order valence-corrected chi connectivity index (χ2v) is 11.4. The lowest BCUT2D eigenvalue weighted by molar-refractivity contribution is -0.118. The largest absolute Gasteiger partial charge is 0.454 e. The summed E-state index contributed by atoms with van der Waals surface area (Å²) in [6, 6.07) is 14.3. The SMILES string of the molecule is COC[C@@H]1CCCN1C(Cc1ccccc1Cl)c1cnc(NC(=O)C2(c3ccc4c(c3)OCO4)CC2)s1. The molecule has 1 saturated carbocycles. The number of carbonyl (C=O) groups is 1. The van der Waals surface area contributed by atoms with Gasteiger partial charge in [-0.2, -0.15) is 0 Å². The molecule has 37 heavy (non-hydrogen) atoms. The lowest BCUT2D eigenvalue weighted by Crippen LogP contribution is -2.37. The smallest absolute Gasteiger partial charge is 0.236 e. The van der Waals surface area contributed by atoms with Gasteiger partial charge in [0, 0.05) is 29.2 Å². The molecule has 1 aromatic heterocycles. The van der Waals surface area contributed by atoms with Crippen molar-refractivity contribution < 1.29 is 19.0 Å². The van der Waals surface area contributed by atoms with Crippen LogP contribution in [0.4, 0.5) is 5.13 Å². The second-order valence-electron chi connectivity index (χ2n) is 9.97. The predicted molar refractivity (Wildman–Crippen MR) is 144 cm³/mol. The highest BCUT2D eigenvalue weighted by atomic mass is 35.5. The standard InChI is InChI=1S/C28H30ClN3O4S/c1-34-16-20-6-4-12-32(20)22(13-18-5-2-3-7-21(18)29)25-15-30-27(37-25)31-26(33)28(10-11-28)19-8-9-23-24(14-19)36-17-35-23/h2-3,5,7-9,14-15,20,22H,4,6,10-13,16-17H2,1H3,(H,30,31,33)/t20-,22?/m0/s1. The van der Waals surface area contributed by atoms with E-state index in [0.717, 1.165) is 65.4 Å². The topological polar surface area (TPSA) is 72.9 Å². The third-order valence-corrected chi connectivity index (χ3v) is 9.12. The summed E-state index contributed by atoms with van der Waals surface area (Å²) >= 11 is 8.10. The second kappa shape index (κ2) is 10.3. The summed E-state index contributed by atoms with van der Waals surface area (Å²) < 4.78 is 16.5. The monoisotopic (exact) mass is 539 g/mol. The summed E-state index contributed by atoms with van der Waals surface area (Å²) in [5.41, 5.74) is 1.53. The first-order valence-corrected chi connectivity index (χ1v) is 13.9. The molecule has 6 rings (SSSR count). The number of benzene rings is 2. The van der Waals surface area contributed by atoms with Crippen LogP contribution in [0, 0.1) is 0 Å². The van der Waals surface area contributed by atoms with E-state index in [2.05, 4.69) is 21.3 Å². The maximum absolute atomic E-state index is 13.4. The molecular weight excluding hydrogens is 510 g/mol. The van der Waals surface area contributed by atoms with Gasteiger partial charge in [-0.3, -0.25) is 9.69 Å². The normalized spacial score (nSPS) is 20.6. The number of anilines is 1. The maximum Gasteiger partial charge on any atom is 0.236 e. The van der Waals surface area contributed by atoms with E-state index in [0.29, 0.717) is 23.5 Å². The number of rotatable bonds is 9. The van der Waals surface area contributed by atoms with E-state index in [1.165, 1.54) is 0 Å². The van der Waals surface area contributed by atoms with E-state index < -0.39 is 5.41 Å². The van der Waals surface area contributed by atoms with Crippen LogP contribution in [0.5, 0.6) is 11.5 Å². The molecule has 0 radical (unpaired) electrons. The molecule has 1 unspecified atom stereocenters. The van der Waals surface area contributed by atoms with Gasteiger partial charge in [-0.25, -0.2) is 4.98 Å². The summed E-state index contributed by atoms with van der Waals surface area (Å²) in [5.74, 6) is 1.41. The Morgan fingerprint density at radius 1 is 1.27 bits per heavy atom. The highest BCUT2D eigenvalue weighted by Crippen LogP contribution is 2.51. The summed E-state index contributed by atoms with van der Waals surface area (Å²) in [6.07, 6.45) is 6.53. The van der Waals surface area contributed by atoms with Gasteiger partial charge in [0.15, 0.2) is 16.6 Å². The lowest BCUT2D eigenvalue weighted by Gasteiger charge is -2.32. The molecule has 2 atom stereocenters. The molecule has 2 aliphatic heterocycles. The van der Waals surface area contributed by atoms with Gasteiger partial charge >= 0.3 is 0 Å². The van der Waals surface area contributed by atoms with Gasteiger partial charge < -0.3 is 19.5 Å². The number of amides is 1. The molecule has 2 aromatic carbocycles. The molecule has 1 amide bonds. The Kier molecular flexibility index (Phi) is 6.84. The van der Waals surface area contributed by atoms with Crippen LogP contribution in [0.1, 0.15) is 47.7 Å². The molecule has 9 heteroatoms. The third kappa shape index (κ3) is 4.83. The van der Waals surface area contributed by atoms with Crippen molar-refractivity contribution in [2.24, 2.45) is 0 Å². The maximum atomic E-state index is 13.4. The minimum atomic E-state index is -0.539. The van der Waals surface area contributed by atoms with Crippen LogP contribution >= 0.6 is 22.9 Å². The predicted octanol–water partition coefficient (Wildman–Crippen LogP) is 5.59. The lowest BCUT2D eigenvalue weighted by atomic mass is 9.94. The number of ether oxygens (including phenoxy) is 3. The fraction of sp³-hybridized carbons (Fsp3) is 0.429. The Morgan fingerprint density at radius 2 is 2.11 bits per heavy atom. The zero-order valence-corrected chi connectivity index (χ0v) is 22.3. The number of nitrogens with zero attached hydrogens (tertiary/aromatic N) is 2. The highest BCUT2D eigenvalue weighted by molar-refractivity contribution is 7.15. The number of hydrogen-bond acceptors (Lipinski definition) is 7. The van der Waals surface area contributed by atoms with E-state index in [-0.39, 0.29) is 18.7 Å². The third-order valence-electron chi connectivity index (χ3n) is 7.74. The summed E-state index contributed by atoms with van der Waals surface area (Å²) in [7, 11) is 1.76. The molecule has 0 bridgehead atoms. The molecule has 194 valence electrons. The van der Waals surface area contributed by atoms with Gasteiger partial charge in [-0.05, 0) is 68.0 Å². The van der Waals surface area contributed by atoms with Crippen molar-refractivity contribution >= 4 is 34.0 Å². The number of hydrogen-bond donors (Lipinski definition) is 1. The van der Waals surface area contributed by atoms with Crippen molar-refractivity contribution in [3.05, 3.63) is 69.7 Å². The van der Waals surface area contributed by atoms with Crippen molar-refractivity contribution in [3.8, 4) is 11.5 Å². The molecule has 0 spiro atoms. The quantitative estimate of drug-likeness (QED) is 0.382. The van der Waals surface area contributed by atoms with E-state index in [1.807, 2.05) is 42.6 Å². The Morgan fingerprint density at radius 3 is 2.92 bits per heavy atom. The first-order chi connectivity index (χ1) is 18.1. The van der Waals surface area contributed by atoms with Crippen LogP contribution in [-0.2, 0) is 21.4 Å². The molecule has 3 heterocycles. The van der Waals surface area contributed by atoms with Crippen molar-refractivity contribution in [2.75, 3.05) is 32.4 Å².